The summed E-state index contributed by atoms with van der Waals surface area (Å²) in [6.45, 7) is 0.156. The van der Waals surface area contributed by atoms with Gasteiger partial charge < -0.3 is 10.4 Å². The molecule has 0 aromatic rings. The van der Waals surface area contributed by atoms with E-state index in [2.05, 4.69) is 15.3 Å². The minimum absolute atomic E-state index is 0.0238. The molecule has 0 spiro atoms. The molecule has 2 atom stereocenters. The zero-order valence-corrected chi connectivity index (χ0v) is 26.5. The number of thioether (sulfide) groups is 8. The van der Waals surface area contributed by atoms with Crippen LogP contribution < -0.4 is 5.32 Å². The average molecular weight is 650 g/mol. The number of rotatable bonds is 23. The molecule has 0 aromatic heterocycles. The van der Waals surface area contributed by atoms with Crippen LogP contribution in [-0.4, -0.2) is 103 Å². The maximum Gasteiger partial charge on any atom is 0.280 e. The van der Waals surface area contributed by atoms with Crippen LogP contribution in [0.1, 0.15) is 0 Å². The van der Waals surface area contributed by atoms with Gasteiger partial charge in [0.05, 0.1) is 62.0 Å². The molecule has 0 aromatic carbocycles. The maximum absolute atomic E-state index is 11.8. The van der Waals surface area contributed by atoms with E-state index >= 15 is 0 Å². The zero-order chi connectivity index (χ0) is 24.4. The summed E-state index contributed by atoms with van der Waals surface area (Å²) in [6, 6.07) is 0. The minimum atomic E-state index is -1.03. The molecule has 0 bridgehead atoms. The van der Waals surface area contributed by atoms with E-state index < -0.39 is 21.6 Å². The van der Waals surface area contributed by atoms with E-state index in [1.807, 2.05) is 6.26 Å². The second-order valence-corrected chi connectivity index (χ2v) is 17.7. The summed E-state index contributed by atoms with van der Waals surface area (Å²) < 4.78 is 23.3. The van der Waals surface area contributed by atoms with Crippen LogP contribution in [0.25, 0.3) is 0 Å². The molecule has 194 valence electrons. The number of aliphatic hydroxyl groups excluding tert-OH is 1. The van der Waals surface area contributed by atoms with Gasteiger partial charge >= 0.3 is 0 Å². The summed E-state index contributed by atoms with van der Waals surface area (Å²) in [7, 11) is -2.05. The summed E-state index contributed by atoms with van der Waals surface area (Å²) >= 11 is 12.8. The Labute approximate surface area is 236 Å². The van der Waals surface area contributed by atoms with Crippen LogP contribution in [0.3, 0.4) is 0 Å². The molecule has 33 heavy (non-hydrogen) atoms. The van der Waals surface area contributed by atoms with Gasteiger partial charge in [0.15, 0.2) is 0 Å². The molecule has 17 heteroatoms. The molecule has 0 aliphatic carbocycles. The quantitative estimate of drug-likeness (QED) is 0.0709. The lowest BCUT2D eigenvalue weighted by atomic mass is 10.9. The van der Waals surface area contributed by atoms with E-state index in [0.29, 0.717) is 39.3 Å². The van der Waals surface area contributed by atoms with Gasteiger partial charge in [0.25, 0.3) is 5.24 Å². The number of amides is 1. The van der Waals surface area contributed by atoms with Gasteiger partial charge in [0, 0.05) is 37.6 Å². The van der Waals surface area contributed by atoms with E-state index in [9.17, 15) is 13.2 Å². The summed E-state index contributed by atoms with van der Waals surface area (Å²) in [4.78, 5) is 20.0. The van der Waals surface area contributed by atoms with Crippen molar-refractivity contribution in [1.29, 1.82) is 0 Å². The minimum Gasteiger partial charge on any atom is -0.396 e. The van der Waals surface area contributed by atoms with E-state index in [1.165, 1.54) is 22.9 Å². The SMILES string of the molecule is CSC/N=C\S(=O)CSCSCSC(=O)NCSCSCSC/N=C\S(=O)CCSCCO. The molecule has 2 N–H and O–H groups in total. The van der Waals surface area contributed by atoms with E-state index in [0.717, 1.165) is 21.0 Å². The van der Waals surface area contributed by atoms with Gasteiger partial charge in [-0.25, -0.2) is 0 Å². The molecule has 1 amide bonds. The lowest BCUT2D eigenvalue weighted by molar-refractivity contribution is 0.262. The number of aliphatic imine (C=N–C) groups is 2. The number of nitrogens with zero attached hydrogens (tertiary/aromatic N) is 2. The van der Waals surface area contributed by atoms with E-state index in [-0.39, 0.29) is 11.8 Å². The fourth-order valence-electron chi connectivity index (χ4n) is 1.44. The fraction of sp³-hybridized carbons (Fsp3) is 0.812. The Balaban J connectivity index is 3.40. The smallest absolute Gasteiger partial charge is 0.280 e. The number of carbonyl (C=O) groups excluding carboxylic acids is 1. The third kappa shape index (κ3) is 28.3. The van der Waals surface area contributed by atoms with Crippen LogP contribution >= 0.6 is 94.1 Å². The molecule has 0 radical (unpaired) electrons. The number of hydrogen-bond donors (Lipinski definition) is 2. The van der Waals surface area contributed by atoms with Gasteiger partial charge in [0.1, 0.15) is 0 Å². The van der Waals surface area contributed by atoms with Crippen molar-refractivity contribution in [3.8, 4) is 0 Å². The van der Waals surface area contributed by atoms with Crippen LogP contribution in [-0.2, 0) is 21.6 Å². The van der Waals surface area contributed by atoms with E-state index in [4.69, 9.17) is 5.11 Å². The molecule has 0 heterocycles. The first kappa shape index (κ1) is 34.9. The van der Waals surface area contributed by atoms with Crippen LogP contribution in [0.5, 0.6) is 0 Å². The molecule has 7 nitrogen and oxygen atoms in total. The molecule has 2 unspecified atom stereocenters. The number of nitrogens with one attached hydrogen (secondary N) is 1. The molecule has 0 saturated heterocycles. The Kier molecular flexibility index (Phi) is 30.1. The number of aliphatic hydroxyl groups is 1. The van der Waals surface area contributed by atoms with Gasteiger partial charge in [0.2, 0.25) is 0 Å². The van der Waals surface area contributed by atoms with Crippen molar-refractivity contribution < 1.29 is 18.3 Å². The third-order valence-electron chi connectivity index (χ3n) is 2.71. The average Bonchev–Trinajstić information content (AvgIpc) is 2.80. The first-order valence-corrected chi connectivity index (χ1v) is 21.4. The third-order valence-corrected chi connectivity index (χ3v) is 13.5. The van der Waals surface area contributed by atoms with Crippen molar-refractivity contribution in [2.24, 2.45) is 9.98 Å². The molecule has 0 saturated carbocycles. The maximum atomic E-state index is 11.8. The van der Waals surface area contributed by atoms with Gasteiger partial charge in [-0.05, 0) is 6.26 Å². The largest absolute Gasteiger partial charge is 0.396 e. The summed E-state index contributed by atoms with van der Waals surface area (Å²) in [5, 5.41) is 15.3. The molecule has 0 rings (SSSR count). The Morgan fingerprint density at radius 1 is 0.879 bits per heavy atom. The van der Waals surface area contributed by atoms with Crippen LogP contribution in [0.2, 0.25) is 0 Å². The van der Waals surface area contributed by atoms with Crippen molar-refractivity contribution in [2.45, 2.75) is 0 Å². The Hall–Kier alpha value is 1.87. The highest BCUT2D eigenvalue weighted by Gasteiger charge is 2.02. The standard InChI is InChI=1S/C16H31N3O4S10/c1-24-6-17-10-33(23)15-30-13-29-14-31-16(21)19-8-27-12-28-11-26-7-18-9-32(22)5-4-25-3-2-20/h9-10,20H,2-8,11-15H2,1H3,(H,19,21)/b17-10-,18-9-. The van der Waals surface area contributed by atoms with Crippen LogP contribution in [0, 0.1) is 0 Å². The highest BCUT2D eigenvalue weighted by atomic mass is 32.3. The fourth-order valence-corrected chi connectivity index (χ4v) is 10.9. The van der Waals surface area contributed by atoms with E-state index in [1.54, 1.807) is 82.3 Å². The van der Waals surface area contributed by atoms with Gasteiger partial charge in [-0.3, -0.25) is 23.2 Å². The van der Waals surface area contributed by atoms with Crippen LogP contribution in [0.15, 0.2) is 9.98 Å². The lowest BCUT2D eigenvalue weighted by Gasteiger charge is -2.04. The topological polar surface area (TPSA) is 108 Å². The highest BCUT2D eigenvalue weighted by Crippen LogP contribution is 2.20. The highest BCUT2D eigenvalue weighted by molar-refractivity contribution is 8.28. The molecule has 0 fully saturated rings. The van der Waals surface area contributed by atoms with Crippen molar-refractivity contribution in [2.75, 3.05) is 73.2 Å². The molecule has 0 aliphatic heterocycles. The van der Waals surface area contributed by atoms with Gasteiger partial charge in [-0.15, -0.1) is 70.6 Å². The summed E-state index contributed by atoms with van der Waals surface area (Å²) in [5.74, 6) is 3.84. The summed E-state index contributed by atoms with van der Waals surface area (Å²) in [5.41, 5.74) is 3.02. The normalized spacial score (nSPS) is 13.6. The van der Waals surface area contributed by atoms with Gasteiger partial charge in [-0.1, -0.05) is 11.8 Å². The Morgan fingerprint density at radius 2 is 1.58 bits per heavy atom. The predicted octanol–water partition coefficient (Wildman–Crippen LogP) is 4.40. The first-order valence-electron chi connectivity index (χ1n) is 9.31. The van der Waals surface area contributed by atoms with Gasteiger partial charge in [-0.2, -0.15) is 11.8 Å². The predicted molar refractivity (Wildman–Crippen MR) is 169 cm³/mol. The van der Waals surface area contributed by atoms with Crippen molar-refractivity contribution in [1.82, 2.24) is 5.32 Å². The van der Waals surface area contributed by atoms with Crippen molar-refractivity contribution >= 4 is 132 Å². The molecular weight excluding hydrogens is 619 g/mol. The molecule has 0 aliphatic rings. The Bertz CT molecular complexity index is 587. The lowest BCUT2D eigenvalue weighted by Crippen LogP contribution is -2.17. The zero-order valence-electron chi connectivity index (χ0n) is 18.3. The summed E-state index contributed by atoms with van der Waals surface area (Å²) in [6.07, 6.45) is 1.95. The first-order chi connectivity index (χ1) is 16.1. The Morgan fingerprint density at radius 3 is 2.36 bits per heavy atom. The monoisotopic (exact) mass is 649 g/mol. The number of carbonyl (C=O) groups is 1. The molecular formula is C16H31N3O4S10. The number of hydrogen-bond acceptors (Lipinski definition) is 14. The second kappa shape index (κ2) is 28.4. The van der Waals surface area contributed by atoms with Crippen molar-refractivity contribution in [3.63, 3.8) is 0 Å². The second-order valence-electron chi connectivity index (χ2n) is 5.29. The van der Waals surface area contributed by atoms with Crippen LogP contribution in [0.4, 0.5) is 4.79 Å². The van der Waals surface area contributed by atoms with Crippen molar-refractivity contribution in [3.05, 3.63) is 0 Å².